The topological polar surface area (TPSA) is 64.3 Å². The van der Waals surface area contributed by atoms with Crippen LogP contribution in [0.3, 0.4) is 0 Å². The molecule has 0 aliphatic rings. The molecular weight excluding hydrogens is 276 g/mol. The van der Waals surface area contributed by atoms with Crippen LogP contribution in [-0.4, -0.2) is 12.6 Å². The number of carbonyl (C=O) groups excluding carboxylic acids is 1. The van der Waals surface area contributed by atoms with Crippen LogP contribution < -0.4 is 11.1 Å². The summed E-state index contributed by atoms with van der Waals surface area (Å²) >= 11 is 0. The molecule has 0 unspecified atom stereocenters. The number of alkyl carbamates (subject to hydrolysis) is 1. The molecule has 1 amide bonds. The first-order chi connectivity index (χ1) is 10.6. The summed E-state index contributed by atoms with van der Waals surface area (Å²) in [6.07, 6.45) is 3.38. The number of ether oxygens (including phenoxy) is 1. The summed E-state index contributed by atoms with van der Waals surface area (Å²) in [4.78, 5) is 11.5. The number of aryl methyl sites for hydroxylation is 1. The second-order valence-electron chi connectivity index (χ2n) is 4.96. The molecule has 0 saturated carbocycles. The molecule has 0 atom stereocenters. The number of hydrogen-bond acceptors (Lipinski definition) is 3. The fourth-order valence-electron chi connectivity index (χ4n) is 1.91. The van der Waals surface area contributed by atoms with Crippen LogP contribution in [0.15, 0.2) is 54.6 Å². The van der Waals surface area contributed by atoms with Crippen LogP contribution in [0.25, 0.3) is 6.08 Å². The van der Waals surface area contributed by atoms with Gasteiger partial charge in [-0.25, -0.2) is 4.79 Å². The highest BCUT2D eigenvalue weighted by molar-refractivity contribution is 5.67. The fraction of sp³-hybridized carbons (Fsp3) is 0.167. The standard InChI is InChI=1S/C18H20N2O2/c1-14-12-15(9-10-17(14)19)8-5-11-20-18(21)22-13-16-6-3-2-4-7-16/h2-10,12H,11,13,19H2,1H3,(H,20,21). The Bertz CT molecular complexity index is 651. The second-order valence-corrected chi connectivity index (χ2v) is 4.96. The number of rotatable bonds is 5. The molecule has 2 aromatic carbocycles. The van der Waals surface area contributed by atoms with E-state index in [0.29, 0.717) is 6.54 Å². The largest absolute Gasteiger partial charge is 0.445 e. The molecule has 2 rings (SSSR count). The van der Waals surface area contributed by atoms with Crippen molar-refractivity contribution >= 4 is 17.9 Å². The summed E-state index contributed by atoms with van der Waals surface area (Å²) in [5.74, 6) is 0. The van der Waals surface area contributed by atoms with Gasteiger partial charge in [0, 0.05) is 12.2 Å². The molecule has 0 bridgehead atoms. The summed E-state index contributed by atoms with van der Waals surface area (Å²) in [5, 5.41) is 2.68. The summed E-state index contributed by atoms with van der Waals surface area (Å²) in [5.41, 5.74) is 9.59. The minimum absolute atomic E-state index is 0.271. The number of hydrogen-bond donors (Lipinski definition) is 2. The molecule has 0 radical (unpaired) electrons. The van der Waals surface area contributed by atoms with Gasteiger partial charge in [0.2, 0.25) is 0 Å². The molecule has 0 saturated heterocycles. The van der Waals surface area contributed by atoms with Crippen LogP contribution in [0.1, 0.15) is 16.7 Å². The van der Waals surface area contributed by atoms with Crippen molar-refractivity contribution in [1.29, 1.82) is 0 Å². The van der Waals surface area contributed by atoms with Gasteiger partial charge in [-0.05, 0) is 29.7 Å². The first-order valence-corrected chi connectivity index (χ1v) is 7.12. The van der Waals surface area contributed by atoms with Crippen molar-refractivity contribution in [3.63, 3.8) is 0 Å². The van der Waals surface area contributed by atoms with E-state index in [1.165, 1.54) is 0 Å². The highest BCUT2D eigenvalue weighted by Crippen LogP contribution is 2.13. The van der Waals surface area contributed by atoms with Crippen LogP contribution in [0.2, 0.25) is 0 Å². The van der Waals surface area contributed by atoms with Gasteiger partial charge in [-0.3, -0.25) is 0 Å². The van der Waals surface area contributed by atoms with E-state index in [1.807, 2.05) is 67.6 Å². The first-order valence-electron chi connectivity index (χ1n) is 7.12. The minimum Gasteiger partial charge on any atom is -0.445 e. The van der Waals surface area contributed by atoms with Crippen LogP contribution >= 0.6 is 0 Å². The Morgan fingerprint density at radius 3 is 2.73 bits per heavy atom. The maximum absolute atomic E-state index is 11.5. The lowest BCUT2D eigenvalue weighted by Gasteiger charge is -2.05. The van der Waals surface area contributed by atoms with Gasteiger partial charge in [0.05, 0.1) is 0 Å². The molecule has 0 fully saturated rings. The van der Waals surface area contributed by atoms with E-state index in [-0.39, 0.29) is 6.61 Å². The van der Waals surface area contributed by atoms with E-state index in [1.54, 1.807) is 0 Å². The zero-order chi connectivity index (χ0) is 15.8. The molecule has 0 aliphatic carbocycles. The third kappa shape index (κ3) is 4.98. The first kappa shape index (κ1) is 15.6. The molecule has 0 spiro atoms. The van der Waals surface area contributed by atoms with Crippen molar-refractivity contribution in [2.45, 2.75) is 13.5 Å². The second kappa shape index (κ2) is 7.88. The lowest BCUT2D eigenvalue weighted by atomic mass is 10.1. The van der Waals surface area contributed by atoms with Gasteiger partial charge in [-0.1, -0.05) is 54.6 Å². The third-order valence-electron chi connectivity index (χ3n) is 3.18. The molecule has 0 heterocycles. The van der Waals surface area contributed by atoms with E-state index in [9.17, 15) is 4.79 Å². The number of nitrogens with one attached hydrogen (secondary N) is 1. The van der Waals surface area contributed by atoms with Crippen LogP contribution in [-0.2, 0) is 11.3 Å². The van der Waals surface area contributed by atoms with Gasteiger partial charge in [0.25, 0.3) is 0 Å². The summed E-state index contributed by atoms with van der Waals surface area (Å²) < 4.78 is 5.11. The smallest absolute Gasteiger partial charge is 0.407 e. The molecule has 114 valence electrons. The molecule has 3 N–H and O–H groups in total. The fourth-order valence-corrected chi connectivity index (χ4v) is 1.91. The van der Waals surface area contributed by atoms with E-state index in [0.717, 1.165) is 22.4 Å². The Kier molecular flexibility index (Phi) is 5.60. The van der Waals surface area contributed by atoms with Gasteiger partial charge in [-0.2, -0.15) is 0 Å². The van der Waals surface area contributed by atoms with Crippen molar-refractivity contribution in [3.05, 3.63) is 71.3 Å². The van der Waals surface area contributed by atoms with Crippen LogP contribution in [0, 0.1) is 6.92 Å². The Morgan fingerprint density at radius 1 is 1.23 bits per heavy atom. The third-order valence-corrected chi connectivity index (χ3v) is 3.18. The van der Waals surface area contributed by atoms with Gasteiger partial charge >= 0.3 is 6.09 Å². The highest BCUT2D eigenvalue weighted by Gasteiger charge is 2.00. The van der Waals surface area contributed by atoms with Crippen molar-refractivity contribution in [2.75, 3.05) is 12.3 Å². The van der Waals surface area contributed by atoms with E-state index in [2.05, 4.69) is 5.32 Å². The predicted molar refractivity (Wildman–Crippen MR) is 89.3 cm³/mol. The molecular formula is C18H20N2O2. The van der Waals surface area contributed by atoms with Gasteiger partial charge in [-0.15, -0.1) is 0 Å². The summed E-state index contributed by atoms with van der Waals surface area (Å²) in [6.45, 7) is 2.65. The number of nitrogen functional groups attached to an aromatic ring is 1. The Morgan fingerprint density at radius 2 is 2.00 bits per heavy atom. The van der Waals surface area contributed by atoms with Crippen molar-refractivity contribution < 1.29 is 9.53 Å². The molecule has 0 aromatic heterocycles. The number of benzene rings is 2. The van der Waals surface area contributed by atoms with Gasteiger partial charge in [0.15, 0.2) is 0 Å². The Labute approximate surface area is 130 Å². The zero-order valence-electron chi connectivity index (χ0n) is 12.6. The maximum Gasteiger partial charge on any atom is 0.407 e. The number of carbonyl (C=O) groups is 1. The quantitative estimate of drug-likeness (QED) is 0.830. The average Bonchev–Trinajstić information content (AvgIpc) is 2.54. The maximum atomic E-state index is 11.5. The molecule has 4 nitrogen and oxygen atoms in total. The lowest BCUT2D eigenvalue weighted by Crippen LogP contribution is -2.24. The van der Waals surface area contributed by atoms with Crippen molar-refractivity contribution in [1.82, 2.24) is 5.32 Å². The Hall–Kier alpha value is -2.75. The number of nitrogens with two attached hydrogens (primary N) is 1. The van der Waals surface area contributed by atoms with E-state index >= 15 is 0 Å². The van der Waals surface area contributed by atoms with Crippen molar-refractivity contribution in [3.8, 4) is 0 Å². The average molecular weight is 296 g/mol. The highest BCUT2D eigenvalue weighted by atomic mass is 16.5. The predicted octanol–water partition coefficient (Wildman–Crippen LogP) is 3.52. The summed E-state index contributed by atoms with van der Waals surface area (Å²) in [7, 11) is 0. The lowest BCUT2D eigenvalue weighted by molar-refractivity contribution is 0.141. The van der Waals surface area contributed by atoms with Gasteiger partial charge < -0.3 is 15.8 Å². The normalized spacial score (nSPS) is 10.6. The SMILES string of the molecule is Cc1cc(C=CCNC(=O)OCc2ccccc2)ccc1N. The number of anilines is 1. The number of amides is 1. The Balaban J connectivity index is 1.72. The summed E-state index contributed by atoms with van der Waals surface area (Å²) in [6, 6.07) is 15.4. The molecule has 4 heteroatoms. The molecule has 0 aliphatic heterocycles. The van der Waals surface area contributed by atoms with Crippen LogP contribution in [0.5, 0.6) is 0 Å². The van der Waals surface area contributed by atoms with Crippen molar-refractivity contribution in [2.24, 2.45) is 0 Å². The van der Waals surface area contributed by atoms with Gasteiger partial charge in [0.1, 0.15) is 6.61 Å². The monoisotopic (exact) mass is 296 g/mol. The van der Waals surface area contributed by atoms with E-state index in [4.69, 9.17) is 10.5 Å². The zero-order valence-corrected chi connectivity index (χ0v) is 12.6. The molecule has 2 aromatic rings. The minimum atomic E-state index is -0.429. The van der Waals surface area contributed by atoms with E-state index < -0.39 is 6.09 Å². The molecule has 22 heavy (non-hydrogen) atoms. The van der Waals surface area contributed by atoms with Crippen LogP contribution in [0.4, 0.5) is 10.5 Å².